The molecule has 1 unspecified atom stereocenters. The molecule has 0 saturated carbocycles. The molecule has 1 N–H and O–H groups in total. The Balaban J connectivity index is 1.75. The Hall–Kier alpha value is -1.85. The molecule has 0 aliphatic carbocycles. The topological polar surface area (TPSA) is 60.6 Å². The fraction of sp³-hybridized carbons (Fsp3) is 0.471. The van der Waals surface area contributed by atoms with Crippen molar-refractivity contribution in [1.82, 2.24) is 4.98 Å². The molecule has 0 bridgehead atoms. The van der Waals surface area contributed by atoms with Crippen molar-refractivity contribution in [2.75, 3.05) is 13.2 Å². The van der Waals surface area contributed by atoms with Crippen LogP contribution in [0.25, 0.3) is 10.9 Å². The SMILES string of the molecule is CCOC(=O)c1cc2c(COC3CCCCO3)cccc2[nH]1. The molecule has 0 amide bonds. The number of carbonyl (C=O) groups excluding carboxylic acids is 1. The van der Waals surface area contributed by atoms with E-state index in [1.165, 1.54) is 0 Å². The third-order valence-corrected chi connectivity index (χ3v) is 3.81. The molecular formula is C17H21NO4. The van der Waals surface area contributed by atoms with Crippen molar-refractivity contribution in [3.63, 3.8) is 0 Å². The number of fused-ring (bicyclic) bond motifs is 1. The molecule has 2 aromatic rings. The van der Waals surface area contributed by atoms with Crippen molar-refractivity contribution in [3.8, 4) is 0 Å². The van der Waals surface area contributed by atoms with Gasteiger partial charge in [0.25, 0.3) is 0 Å². The third kappa shape index (κ3) is 3.31. The van der Waals surface area contributed by atoms with E-state index in [1.54, 1.807) is 6.92 Å². The first-order chi connectivity index (χ1) is 10.8. The number of esters is 1. The third-order valence-electron chi connectivity index (χ3n) is 3.81. The molecular weight excluding hydrogens is 282 g/mol. The first-order valence-corrected chi connectivity index (χ1v) is 7.79. The maximum Gasteiger partial charge on any atom is 0.354 e. The number of rotatable bonds is 5. The van der Waals surface area contributed by atoms with E-state index in [0.29, 0.717) is 18.9 Å². The maximum atomic E-state index is 11.8. The van der Waals surface area contributed by atoms with Crippen LogP contribution in [-0.2, 0) is 20.8 Å². The smallest absolute Gasteiger partial charge is 0.354 e. The number of nitrogens with one attached hydrogen (secondary N) is 1. The lowest BCUT2D eigenvalue weighted by atomic mass is 10.1. The molecule has 1 aromatic carbocycles. The van der Waals surface area contributed by atoms with Crippen LogP contribution in [0.1, 0.15) is 42.2 Å². The minimum Gasteiger partial charge on any atom is -0.461 e. The fourth-order valence-electron chi connectivity index (χ4n) is 2.69. The van der Waals surface area contributed by atoms with Crippen LogP contribution in [0.15, 0.2) is 24.3 Å². The Morgan fingerprint density at radius 1 is 1.41 bits per heavy atom. The van der Waals surface area contributed by atoms with Crippen molar-refractivity contribution in [1.29, 1.82) is 0 Å². The van der Waals surface area contributed by atoms with Crippen molar-refractivity contribution in [2.24, 2.45) is 0 Å². The number of hydrogen-bond donors (Lipinski definition) is 1. The van der Waals surface area contributed by atoms with Crippen molar-refractivity contribution < 1.29 is 19.0 Å². The summed E-state index contributed by atoms with van der Waals surface area (Å²) in [4.78, 5) is 14.9. The van der Waals surface area contributed by atoms with Gasteiger partial charge in [-0.1, -0.05) is 12.1 Å². The average molecular weight is 303 g/mol. The van der Waals surface area contributed by atoms with E-state index >= 15 is 0 Å². The second-order valence-corrected chi connectivity index (χ2v) is 5.39. The quantitative estimate of drug-likeness (QED) is 0.860. The van der Waals surface area contributed by atoms with Gasteiger partial charge < -0.3 is 19.2 Å². The predicted molar refractivity (Wildman–Crippen MR) is 82.6 cm³/mol. The van der Waals surface area contributed by atoms with Gasteiger partial charge in [0.05, 0.1) is 13.2 Å². The summed E-state index contributed by atoms with van der Waals surface area (Å²) in [5, 5.41) is 0.987. The zero-order valence-corrected chi connectivity index (χ0v) is 12.8. The largest absolute Gasteiger partial charge is 0.461 e. The average Bonchev–Trinajstić information content (AvgIpc) is 2.99. The van der Waals surface area contributed by atoms with Gasteiger partial charge in [-0.15, -0.1) is 0 Å². The minimum atomic E-state index is -0.332. The summed E-state index contributed by atoms with van der Waals surface area (Å²) in [5.41, 5.74) is 2.42. The number of benzene rings is 1. The van der Waals surface area contributed by atoms with E-state index < -0.39 is 0 Å². The van der Waals surface area contributed by atoms with E-state index in [2.05, 4.69) is 4.98 Å². The molecule has 0 radical (unpaired) electrons. The number of hydrogen-bond acceptors (Lipinski definition) is 4. The highest BCUT2D eigenvalue weighted by Crippen LogP contribution is 2.23. The Bertz CT molecular complexity index is 643. The molecule has 118 valence electrons. The number of aromatic nitrogens is 1. The lowest BCUT2D eigenvalue weighted by Gasteiger charge is -2.22. The second-order valence-electron chi connectivity index (χ2n) is 5.39. The van der Waals surface area contributed by atoms with Gasteiger partial charge in [0.15, 0.2) is 6.29 Å². The minimum absolute atomic E-state index is 0.118. The summed E-state index contributed by atoms with van der Waals surface area (Å²) in [6, 6.07) is 7.73. The van der Waals surface area contributed by atoms with Gasteiger partial charge in [0.2, 0.25) is 0 Å². The monoisotopic (exact) mass is 303 g/mol. The molecule has 1 saturated heterocycles. The van der Waals surface area contributed by atoms with Gasteiger partial charge in [-0.2, -0.15) is 0 Å². The molecule has 1 aliphatic rings. The van der Waals surface area contributed by atoms with Crippen LogP contribution in [0.5, 0.6) is 0 Å². The van der Waals surface area contributed by atoms with Gasteiger partial charge in [-0.05, 0) is 43.9 Å². The van der Waals surface area contributed by atoms with Gasteiger partial charge >= 0.3 is 5.97 Å². The van der Waals surface area contributed by atoms with E-state index in [4.69, 9.17) is 14.2 Å². The molecule has 0 spiro atoms. The number of carbonyl (C=O) groups is 1. The van der Waals surface area contributed by atoms with Crippen LogP contribution in [0.2, 0.25) is 0 Å². The van der Waals surface area contributed by atoms with Gasteiger partial charge in [-0.3, -0.25) is 0 Å². The molecule has 1 aliphatic heterocycles. The Morgan fingerprint density at radius 3 is 3.09 bits per heavy atom. The highest BCUT2D eigenvalue weighted by molar-refractivity contribution is 5.95. The molecule has 2 heterocycles. The van der Waals surface area contributed by atoms with E-state index in [9.17, 15) is 4.79 Å². The summed E-state index contributed by atoms with van der Waals surface area (Å²) in [7, 11) is 0. The molecule has 22 heavy (non-hydrogen) atoms. The van der Waals surface area contributed by atoms with Crippen molar-refractivity contribution >= 4 is 16.9 Å². The Labute approximate surface area is 129 Å². The van der Waals surface area contributed by atoms with Crippen LogP contribution in [0, 0.1) is 0 Å². The summed E-state index contributed by atoms with van der Waals surface area (Å²) >= 11 is 0. The van der Waals surface area contributed by atoms with Crippen LogP contribution in [0.3, 0.4) is 0 Å². The zero-order valence-electron chi connectivity index (χ0n) is 12.8. The van der Waals surface area contributed by atoms with Crippen LogP contribution >= 0.6 is 0 Å². The van der Waals surface area contributed by atoms with Crippen LogP contribution < -0.4 is 0 Å². The number of ether oxygens (including phenoxy) is 3. The summed E-state index contributed by atoms with van der Waals surface area (Å²) in [6.45, 7) is 3.40. The van der Waals surface area contributed by atoms with Gasteiger partial charge in [0.1, 0.15) is 5.69 Å². The lowest BCUT2D eigenvalue weighted by molar-refractivity contribution is -0.168. The summed E-state index contributed by atoms with van der Waals surface area (Å²) < 4.78 is 16.5. The molecule has 5 nitrogen and oxygen atoms in total. The van der Waals surface area contributed by atoms with E-state index in [1.807, 2.05) is 24.3 Å². The predicted octanol–water partition coefficient (Wildman–Crippen LogP) is 3.39. The summed E-state index contributed by atoms with van der Waals surface area (Å²) in [6.07, 6.45) is 3.08. The maximum absolute atomic E-state index is 11.8. The highest BCUT2D eigenvalue weighted by Gasteiger charge is 2.16. The van der Waals surface area contributed by atoms with Crippen LogP contribution in [0.4, 0.5) is 0 Å². The van der Waals surface area contributed by atoms with Gasteiger partial charge in [0, 0.05) is 17.5 Å². The van der Waals surface area contributed by atoms with E-state index in [-0.39, 0.29) is 12.3 Å². The summed E-state index contributed by atoms with van der Waals surface area (Å²) in [5.74, 6) is -0.332. The number of aromatic amines is 1. The van der Waals surface area contributed by atoms with Crippen molar-refractivity contribution in [3.05, 3.63) is 35.5 Å². The molecule has 1 fully saturated rings. The first kappa shape index (κ1) is 15.1. The highest BCUT2D eigenvalue weighted by atomic mass is 16.7. The van der Waals surface area contributed by atoms with E-state index in [0.717, 1.165) is 42.3 Å². The molecule has 5 heteroatoms. The fourth-order valence-corrected chi connectivity index (χ4v) is 2.69. The van der Waals surface area contributed by atoms with Crippen LogP contribution in [-0.4, -0.2) is 30.5 Å². The molecule has 1 atom stereocenters. The zero-order chi connectivity index (χ0) is 15.4. The molecule has 1 aromatic heterocycles. The Kier molecular flexibility index (Phi) is 4.75. The number of H-pyrrole nitrogens is 1. The Morgan fingerprint density at radius 2 is 2.32 bits per heavy atom. The first-order valence-electron chi connectivity index (χ1n) is 7.79. The standard InChI is InChI=1S/C17H21NO4/c1-2-20-17(19)15-10-13-12(6-5-7-14(13)18-15)11-22-16-8-3-4-9-21-16/h5-7,10,16,18H,2-4,8-9,11H2,1H3. The molecule has 3 rings (SSSR count). The normalized spacial score (nSPS) is 18.5. The van der Waals surface area contributed by atoms with Gasteiger partial charge in [-0.25, -0.2) is 4.79 Å². The second kappa shape index (κ2) is 6.94. The lowest BCUT2D eigenvalue weighted by Crippen LogP contribution is -2.22. The van der Waals surface area contributed by atoms with Crippen molar-refractivity contribution in [2.45, 2.75) is 39.1 Å².